The lowest BCUT2D eigenvalue weighted by molar-refractivity contribution is -0.138. The maximum absolute atomic E-state index is 12.5. The summed E-state index contributed by atoms with van der Waals surface area (Å²) in [6, 6.07) is 6.54. The quantitative estimate of drug-likeness (QED) is 0.252. The second kappa shape index (κ2) is 10.6. The molecule has 0 aliphatic carbocycles. The number of ketones is 1. The number of benzene rings is 2. The van der Waals surface area contributed by atoms with E-state index in [2.05, 4.69) is 5.32 Å². The van der Waals surface area contributed by atoms with E-state index < -0.39 is 53.5 Å². The van der Waals surface area contributed by atoms with Crippen LogP contribution in [0.15, 0.2) is 60.7 Å². The summed E-state index contributed by atoms with van der Waals surface area (Å²) in [6.07, 6.45) is -7.71. The van der Waals surface area contributed by atoms with Crippen molar-refractivity contribution in [3.63, 3.8) is 0 Å². The number of alkyl halides is 6. The fraction of sp³-hybridized carbons (Fsp3) is 0.143. The minimum absolute atomic E-state index is 0.0685. The zero-order valence-electron chi connectivity index (χ0n) is 16.9. The van der Waals surface area contributed by atoms with Crippen LogP contribution >= 0.6 is 0 Å². The zero-order chi connectivity index (χ0) is 25.5. The molecule has 0 saturated carbocycles. The van der Waals surface area contributed by atoms with Crippen LogP contribution in [0.3, 0.4) is 0 Å². The maximum atomic E-state index is 12.5. The molecule has 0 bridgehead atoms. The van der Waals surface area contributed by atoms with Crippen LogP contribution in [0.2, 0.25) is 0 Å². The van der Waals surface area contributed by atoms with Crippen molar-refractivity contribution in [1.82, 2.24) is 16.2 Å². The van der Waals surface area contributed by atoms with Gasteiger partial charge in [0, 0.05) is 23.3 Å². The molecule has 34 heavy (non-hydrogen) atoms. The standard InChI is InChI=1S/C21H15F6N3O4/c22-20(23,24)14-5-1-12(2-6-14)16(31)11-28-17(32)9-10-18(33)29-30-19(34)13-3-7-15(8-4-13)21(25,26)27/h1-10H,11H2,(H,28,32)(H,29,33)(H,30,34)/b10-9-. The molecule has 3 amide bonds. The van der Waals surface area contributed by atoms with Gasteiger partial charge in [-0.2, -0.15) is 26.3 Å². The van der Waals surface area contributed by atoms with Crippen molar-refractivity contribution in [2.24, 2.45) is 0 Å². The molecule has 0 aromatic heterocycles. The molecule has 2 aromatic carbocycles. The smallest absolute Gasteiger partial charge is 0.345 e. The molecule has 180 valence electrons. The number of carbonyl (C=O) groups is 4. The second-order valence-electron chi connectivity index (χ2n) is 6.57. The van der Waals surface area contributed by atoms with Crippen molar-refractivity contribution in [1.29, 1.82) is 0 Å². The van der Waals surface area contributed by atoms with Gasteiger partial charge in [-0.3, -0.25) is 30.0 Å². The summed E-state index contributed by atoms with van der Waals surface area (Å²) in [5, 5.41) is 2.13. The minimum atomic E-state index is -4.57. The second-order valence-corrected chi connectivity index (χ2v) is 6.57. The lowest BCUT2D eigenvalue weighted by Crippen LogP contribution is -2.41. The van der Waals surface area contributed by atoms with Crippen LogP contribution in [0.4, 0.5) is 26.3 Å². The number of rotatable bonds is 6. The number of hydrogen-bond donors (Lipinski definition) is 3. The van der Waals surface area contributed by atoms with Crippen molar-refractivity contribution in [3.8, 4) is 0 Å². The van der Waals surface area contributed by atoms with E-state index in [1.165, 1.54) is 0 Å². The summed E-state index contributed by atoms with van der Waals surface area (Å²) >= 11 is 0. The summed E-state index contributed by atoms with van der Waals surface area (Å²) < 4.78 is 75.1. The number of Topliss-reactive ketones (excluding diaryl/α,β-unsaturated/α-hetero) is 1. The van der Waals surface area contributed by atoms with Gasteiger partial charge >= 0.3 is 12.4 Å². The third-order valence-electron chi connectivity index (χ3n) is 4.12. The topological polar surface area (TPSA) is 104 Å². The van der Waals surface area contributed by atoms with Crippen LogP contribution in [0.5, 0.6) is 0 Å². The molecule has 0 aliphatic rings. The third-order valence-corrected chi connectivity index (χ3v) is 4.12. The highest BCUT2D eigenvalue weighted by atomic mass is 19.4. The van der Waals surface area contributed by atoms with Crippen LogP contribution in [0.1, 0.15) is 31.8 Å². The molecule has 0 fully saturated rings. The van der Waals surface area contributed by atoms with Gasteiger partial charge in [-0.25, -0.2) is 0 Å². The molecule has 2 rings (SSSR count). The first-order valence-corrected chi connectivity index (χ1v) is 9.21. The summed E-state index contributed by atoms with van der Waals surface area (Å²) in [5.41, 5.74) is 1.70. The van der Waals surface area contributed by atoms with Gasteiger partial charge in [0.05, 0.1) is 17.7 Å². The molecular weight excluding hydrogens is 472 g/mol. The largest absolute Gasteiger partial charge is 0.416 e. The van der Waals surface area contributed by atoms with Crippen LogP contribution in [0.25, 0.3) is 0 Å². The Morgan fingerprint density at radius 3 is 1.56 bits per heavy atom. The van der Waals surface area contributed by atoms with Crippen LogP contribution in [-0.4, -0.2) is 30.0 Å². The number of hydrazine groups is 1. The van der Waals surface area contributed by atoms with Crippen molar-refractivity contribution >= 4 is 23.5 Å². The Hall–Kier alpha value is -4.16. The van der Waals surface area contributed by atoms with Crippen molar-refractivity contribution < 1.29 is 45.5 Å². The average Bonchev–Trinajstić information content (AvgIpc) is 2.78. The summed E-state index contributed by atoms with van der Waals surface area (Å²) in [7, 11) is 0. The van der Waals surface area contributed by atoms with E-state index in [4.69, 9.17) is 0 Å². The highest BCUT2D eigenvalue weighted by Crippen LogP contribution is 2.29. The Labute approximate surface area is 187 Å². The van der Waals surface area contributed by atoms with Crippen LogP contribution in [-0.2, 0) is 21.9 Å². The number of nitrogens with one attached hydrogen (secondary N) is 3. The van der Waals surface area contributed by atoms with Gasteiger partial charge in [0.1, 0.15) is 0 Å². The Morgan fingerprint density at radius 2 is 1.09 bits per heavy atom. The molecule has 0 radical (unpaired) electrons. The van der Waals surface area contributed by atoms with E-state index in [-0.39, 0.29) is 11.1 Å². The molecule has 0 unspecified atom stereocenters. The predicted molar refractivity (Wildman–Crippen MR) is 105 cm³/mol. The van der Waals surface area contributed by atoms with Crippen molar-refractivity contribution in [3.05, 3.63) is 82.9 Å². The average molecular weight is 487 g/mol. The Balaban J connectivity index is 1.78. The fourth-order valence-corrected chi connectivity index (χ4v) is 2.37. The van der Waals surface area contributed by atoms with Gasteiger partial charge in [-0.05, 0) is 36.4 Å². The van der Waals surface area contributed by atoms with E-state index >= 15 is 0 Å². The normalized spacial score (nSPS) is 11.7. The highest BCUT2D eigenvalue weighted by molar-refractivity contribution is 6.02. The first kappa shape index (κ1) is 26.1. The monoisotopic (exact) mass is 487 g/mol. The van der Waals surface area contributed by atoms with Gasteiger partial charge in [0.25, 0.3) is 11.8 Å². The summed E-state index contributed by atoms with van der Waals surface area (Å²) in [4.78, 5) is 47.1. The molecule has 0 atom stereocenters. The van der Waals surface area contributed by atoms with E-state index in [0.717, 1.165) is 42.5 Å². The van der Waals surface area contributed by atoms with Gasteiger partial charge in [0.15, 0.2) is 5.78 Å². The molecular formula is C21H15F6N3O4. The molecule has 0 spiro atoms. The lowest BCUT2D eigenvalue weighted by Gasteiger charge is -2.08. The number of carbonyl (C=O) groups excluding carboxylic acids is 4. The van der Waals surface area contributed by atoms with Gasteiger partial charge in [-0.1, -0.05) is 12.1 Å². The van der Waals surface area contributed by atoms with E-state index in [1.54, 1.807) is 0 Å². The predicted octanol–water partition coefficient (Wildman–Crippen LogP) is 3.04. The van der Waals surface area contributed by atoms with E-state index in [9.17, 15) is 45.5 Å². The van der Waals surface area contributed by atoms with E-state index in [1.807, 2.05) is 10.9 Å². The number of amides is 3. The third kappa shape index (κ3) is 7.76. The molecule has 0 saturated heterocycles. The Morgan fingerprint density at radius 1 is 0.647 bits per heavy atom. The number of hydrogen-bond acceptors (Lipinski definition) is 4. The Kier molecular flexibility index (Phi) is 8.16. The van der Waals surface area contributed by atoms with E-state index in [0.29, 0.717) is 18.2 Å². The molecule has 3 N–H and O–H groups in total. The molecule has 0 aliphatic heterocycles. The number of halogens is 6. The van der Waals surface area contributed by atoms with Crippen LogP contribution in [0, 0.1) is 0 Å². The first-order chi connectivity index (χ1) is 15.8. The first-order valence-electron chi connectivity index (χ1n) is 9.21. The molecule has 7 nitrogen and oxygen atoms in total. The molecule has 13 heteroatoms. The molecule has 2 aromatic rings. The summed E-state index contributed by atoms with van der Waals surface area (Å²) in [6.45, 7) is -0.555. The Bertz CT molecular complexity index is 1000. The van der Waals surface area contributed by atoms with Gasteiger partial charge in [0.2, 0.25) is 5.91 Å². The van der Waals surface area contributed by atoms with Gasteiger partial charge in [-0.15, -0.1) is 0 Å². The minimum Gasteiger partial charge on any atom is -0.345 e. The van der Waals surface area contributed by atoms with Crippen molar-refractivity contribution in [2.75, 3.05) is 6.54 Å². The lowest BCUT2D eigenvalue weighted by atomic mass is 10.1. The zero-order valence-corrected chi connectivity index (χ0v) is 16.9. The highest BCUT2D eigenvalue weighted by Gasteiger charge is 2.31. The SMILES string of the molecule is O=C(/C=C\C(=O)NNC(=O)c1ccc(C(F)(F)F)cc1)NCC(=O)c1ccc(C(F)(F)F)cc1. The molecule has 0 heterocycles. The maximum Gasteiger partial charge on any atom is 0.416 e. The fourth-order valence-electron chi connectivity index (χ4n) is 2.37. The van der Waals surface area contributed by atoms with Crippen molar-refractivity contribution in [2.45, 2.75) is 12.4 Å². The van der Waals surface area contributed by atoms with Gasteiger partial charge < -0.3 is 5.32 Å². The van der Waals surface area contributed by atoms with Crippen LogP contribution < -0.4 is 16.2 Å². The summed E-state index contributed by atoms with van der Waals surface area (Å²) in [5.74, 6) is -3.44.